The molecule has 2 unspecified atom stereocenters. The number of rotatable bonds is 8. The molecule has 0 amide bonds. The van der Waals surface area contributed by atoms with Gasteiger partial charge in [0.2, 0.25) is 0 Å². The highest BCUT2D eigenvalue weighted by Gasteiger charge is 2.27. The number of allylic oxidation sites excluding steroid dienone is 1. The molecule has 0 bridgehead atoms. The van der Waals surface area contributed by atoms with Crippen LogP contribution in [0.25, 0.3) is 11.3 Å². The summed E-state index contributed by atoms with van der Waals surface area (Å²) in [5, 5.41) is 0. The second-order valence-electron chi connectivity index (χ2n) is 6.51. The van der Waals surface area contributed by atoms with E-state index in [0.717, 1.165) is 5.57 Å². The number of esters is 1. The summed E-state index contributed by atoms with van der Waals surface area (Å²) in [6.45, 7) is 9.62. The number of carbonyl (C=O) groups is 3. The highest BCUT2D eigenvalue weighted by Crippen LogP contribution is 2.24. The first kappa shape index (κ1) is 20.2. The molecule has 2 aliphatic heterocycles. The quantitative estimate of drug-likeness (QED) is 0.367. The van der Waals surface area contributed by atoms with Gasteiger partial charge in [-0.25, -0.2) is 14.4 Å². The van der Waals surface area contributed by atoms with E-state index in [1.165, 1.54) is 0 Å². The molecule has 9 heteroatoms. The normalized spacial score (nSPS) is 20.2. The minimum absolute atomic E-state index is 0.0310. The van der Waals surface area contributed by atoms with Crippen LogP contribution < -0.4 is 0 Å². The Morgan fingerprint density at radius 3 is 1.97 bits per heavy atom. The van der Waals surface area contributed by atoms with E-state index in [1.54, 1.807) is 25.1 Å². The summed E-state index contributed by atoms with van der Waals surface area (Å²) in [5.74, 6) is -0.327. The van der Waals surface area contributed by atoms with Crippen molar-refractivity contribution in [2.45, 2.75) is 19.1 Å². The molecule has 2 fully saturated rings. The van der Waals surface area contributed by atoms with Crippen molar-refractivity contribution in [3.05, 3.63) is 48.0 Å². The lowest BCUT2D eigenvalue weighted by atomic mass is 10.0. The fourth-order valence-electron chi connectivity index (χ4n) is 2.58. The van der Waals surface area contributed by atoms with E-state index in [9.17, 15) is 14.4 Å². The van der Waals surface area contributed by atoms with Crippen molar-refractivity contribution in [3.63, 3.8) is 0 Å². The van der Waals surface area contributed by atoms with E-state index >= 15 is 0 Å². The van der Waals surface area contributed by atoms with Gasteiger partial charge in [0.15, 0.2) is 12.2 Å². The fourth-order valence-corrected chi connectivity index (χ4v) is 2.58. The van der Waals surface area contributed by atoms with Gasteiger partial charge in [-0.15, -0.1) is 0 Å². The lowest BCUT2D eigenvalue weighted by molar-refractivity contribution is 0.0300. The molecule has 1 aromatic rings. The van der Waals surface area contributed by atoms with Gasteiger partial charge in [0.1, 0.15) is 32.2 Å². The van der Waals surface area contributed by atoms with Gasteiger partial charge in [0.25, 0.3) is 0 Å². The van der Waals surface area contributed by atoms with Crippen molar-refractivity contribution in [1.82, 2.24) is 0 Å². The lowest BCUT2D eigenvalue weighted by Gasteiger charge is -2.14. The van der Waals surface area contributed by atoms with Crippen molar-refractivity contribution in [2.75, 3.05) is 26.4 Å². The number of hydrogen-bond acceptors (Lipinski definition) is 9. The molecule has 0 aliphatic carbocycles. The Morgan fingerprint density at radius 2 is 1.45 bits per heavy atom. The van der Waals surface area contributed by atoms with Crippen LogP contribution in [0.2, 0.25) is 0 Å². The van der Waals surface area contributed by atoms with Crippen molar-refractivity contribution < 1.29 is 42.8 Å². The largest absolute Gasteiger partial charge is 0.508 e. The maximum absolute atomic E-state index is 12.5. The Labute approximate surface area is 166 Å². The topological polar surface area (TPSA) is 107 Å². The molecule has 2 saturated heterocycles. The third-order valence-electron chi connectivity index (χ3n) is 4.13. The van der Waals surface area contributed by atoms with Crippen LogP contribution in [0.1, 0.15) is 28.4 Å². The first-order valence-corrected chi connectivity index (χ1v) is 8.79. The van der Waals surface area contributed by atoms with Crippen molar-refractivity contribution in [3.8, 4) is 0 Å². The second-order valence-corrected chi connectivity index (χ2v) is 6.51. The van der Waals surface area contributed by atoms with Crippen LogP contribution in [-0.2, 0) is 28.4 Å². The predicted molar refractivity (Wildman–Crippen MR) is 98.9 cm³/mol. The van der Waals surface area contributed by atoms with Gasteiger partial charge in [0, 0.05) is 5.56 Å². The molecule has 2 aliphatic rings. The molecule has 0 N–H and O–H groups in total. The van der Waals surface area contributed by atoms with E-state index in [0.29, 0.717) is 11.1 Å². The second kappa shape index (κ2) is 8.68. The van der Waals surface area contributed by atoms with E-state index in [1.807, 2.05) is 0 Å². The van der Waals surface area contributed by atoms with Crippen LogP contribution in [0.4, 0.5) is 9.59 Å². The van der Waals surface area contributed by atoms with Crippen LogP contribution >= 0.6 is 0 Å². The smallest absolute Gasteiger partial charge is 0.490 e. The van der Waals surface area contributed by atoms with Gasteiger partial charge in [0.05, 0.1) is 5.56 Å². The summed E-state index contributed by atoms with van der Waals surface area (Å²) < 4.78 is 29.9. The third kappa shape index (κ3) is 5.28. The Morgan fingerprint density at radius 1 is 0.931 bits per heavy atom. The number of cyclic esters (lactones) is 4. The maximum Gasteiger partial charge on any atom is 0.508 e. The summed E-state index contributed by atoms with van der Waals surface area (Å²) in [4.78, 5) is 34.3. The zero-order chi connectivity index (χ0) is 21.0. The molecule has 0 aromatic heterocycles. The molecular formula is C20H20O9. The molecule has 3 rings (SSSR count). The van der Waals surface area contributed by atoms with E-state index in [2.05, 4.69) is 17.9 Å². The molecule has 0 spiro atoms. The van der Waals surface area contributed by atoms with Crippen LogP contribution in [0.5, 0.6) is 0 Å². The first-order chi connectivity index (χ1) is 13.8. The first-order valence-electron chi connectivity index (χ1n) is 8.79. The van der Waals surface area contributed by atoms with Gasteiger partial charge in [-0.05, 0) is 30.7 Å². The van der Waals surface area contributed by atoms with Gasteiger partial charge in [-0.3, -0.25) is 0 Å². The monoisotopic (exact) mass is 404 g/mol. The Bertz CT molecular complexity index is 797. The molecular weight excluding hydrogens is 384 g/mol. The van der Waals surface area contributed by atoms with Crippen molar-refractivity contribution in [2.24, 2.45) is 0 Å². The SMILES string of the molecule is C=C(C)c1cc(C(=C)OCC2COC(=O)O2)cc(C(=O)OCC2COC(=O)O2)c1. The molecule has 1 aromatic carbocycles. The maximum atomic E-state index is 12.5. The number of ether oxygens (including phenoxy) is 6. The average molecular weight is 404 g/mol. The zero-order valence-electron chi connectivity index (χ0n) is 15.8. The minimum Gasteiger partial charge on any atom is -0.490 e. The highest BCUT2D eigenvalue weighted by atomic mass is 16.8. The van der Waals surface area contributed by atoms with Gasteiger partial charge >= 0.3 is 18.3 Å². The summed E-state index contributed by atoms with van der Waals surface area (Å²) in [5.41, 5.74) is 2.22. The molecule has 2 heterocycles. The Hall–Kier alpha value is -3.49. The van der Waals surface area contributed by atoms with Crippen LogP contribution in [-0.4, -0.2) is 56.9 Å². The van der Waals surface area contributed by atoms with Crippen LogP contribution in [0.15, 0.2) is 31.4 Å². The third-order valence-corrected chi connectivity index (χ3v) is 4.13. The average Bonchev–Trinajstić information content (AvgIpc) is 3.31. The lowest BCUT2D eigenvalue weighted by Crippen LogP contribution is -2.21. The molecule has 29 heavy (non-hydrogen) atoms. The summed E-state index contributed by atoms with van der Waals surface area (Å²) in [6.07, 6.45) is -2.68. The number of hydrogen-bond donors (Lipinski definition) is 0. The van der Waals surface area contributed by atoms with Crippen molar-refractivity contribution >= 4 is 29.6 Å². The van der Waals surface area contributed by atoms with Gasteiger partial charge < -0.3 is 28.4 Å². The molecule has 9 nitrogen and oxygen atoms in total. The van der Waals surface area contributed by atoms with E-state index < -0.39 is 30.5 Å². The van der Waals surface area contributed by atoms with Gasteiger partial charge in [-0.2, -0.15) is 0 Å². The standard InChI is InChI=1S/C20H20O9/c1-11(2)13-4-14(12(3)24-7-16-9-26-19(22)28-16)6-15(5-13)18(21)25-8-17-10-27-20(23)29-17/h4-6,16-17H,1,3,7-10H2,2H3. The van der Waals surface area contributed by atoms with Crippen LogP contribution in [0.3, 0.4) is 0 Å². The molecule has 2 atom stereocenters. The zero-order valence-corrected chi connectivity index (χ0v) is 15.8. The van der Waals surface area contributed by atoms with E-state index in [4.69, 9.17) is 23.7 Å². The predicted octanol–water partition coefficient (Wildman–Crippen LogP) is 2.93. The number of carbonyl (C=O) groups excluding carboxylic acids is 3. The van der Waals surface area contributed by atoms with E-state index in [-0.39, 0.29) is 37.8 Å². The number of benzene rings is 1. The summed E-state index contributed by atoms with van der Waals surface area (Å²) in [7, 11) is 0. The highest BCUT2D eigenvalue weighted by molar-refractivity contribution is 5.91. The summed E-state index contributed by atoms with van der Waals surface area (Å²) in [6, 6.07) is 4.96. The Kier molecular flexibility index (Phi) is 6.06. The Balaban J connectivity index is 1.66. The van der Waals surface area contributed by atoms with Crippen LogP contribution in [0, 0.1) is 0 Å². The molecule has 0 radical (unpaired) electrons. The molecule has 0 saturated carbocycles. The minimum atomic E-state index is -0.788. The molecule has 154 valence electrons. The fraction of sp³-hybridized carbons (Fsp3) is 0.350. The summed E-state index contributed by atoms with van der Waals surface area (Å²) >= 11 is 0. The van der Waals surface area contributed by atoms with Crippen molar-refractivity contribution in [1.29, 1.82) is 0 Å². The van der Waals surface area contributed by atoms with Gasteiger partial charge in [-0.1, -0.05) is 18.7 Å².